The van der Waals surface area contributed by atoms with Crippen molar-refractivity contribution >= 4 is 28.8 Å². The third kappa shape index (κ3) is 4.00. The molecule has 0 aliphatic carbocycles. The Labute approximate surface area is 180 Å². The van der Waals surface area contributed by atoms with Gasteiger partial charge in [-0.25, -0.2) is 4.90 Å². The number of carbonyl (C=O) groups excluding carboxylic acids is 2. The summed E-state index contributed by atoms with van der Waals surface area (Å²) in [6, 6.07) is 23.3. The zero-order chi connectivity index (χ0) is 21.8. The van der Waals surface area contributed by atoms with E-state index in [9.17, 15) is 9.59 Å². The Hall–Kier alpha value is -4.06. The smallest absolute Gasteiger partial charge is 0.282 e. The molecule has 156 valence electrons. The van der Waals surface area contributed by atoms with Gasteiger partial charge in [-0.3, -0.25) is 9.59 Å². The van der Waals surface area contributed by atoms with Crippen LogP contribution in [0.3, 0.4) is 0 Å². The van der Waals surface area contributed by atoms with Crippen molar-refractivity contribution in [3.63, 3.8) is 0 Å². The molecule has 2 amide bonds. The largest absolute Gasteiger partial charge is 0.497 e. The quantitative estimate of drug-likeness (QED) is 0.577. The lowest BCUT2D eigenvalue weighted by Crippen LogP contribution is -2.32. The molecule has 1 aliphatic heterocycles. The molecular weight excluding hydrogens is 392 g/mol. The van der Waals surface area contributed by atoms with Crippen molar-refractivity contribution in [2.24, 2.45) is 0 Å². The van der Waals surface area contributed by atoms with Gasteiger partial charge >= 0.3 is 0 Å². The summed E-state index contributed by atoms with van der Waals surface area (Å²) in [5.41, 5.74) is 2.37. The predicted molar refractivity (Wildman–Crippen MR) is 120 cm³/mol. The zero-order valence-corrected chi connectivity index (χ0v) is 17.3. The number of hydrogen-bond acceptors (Lipinski definition) is 5. The predicted octanol–water partition coefficient (Wildman–Crippen LogP) is 4.49. The summed E-state index contributed by atoms with van der Waals surface area (Å²) in [6.45, 7) is 2.43. The van der Waals surface area contributed by atoms with Crippen LogP contribution in [-0.2, 0) is 9.59 Å². The van der Waals surface area contributed by atoms with Crippen molar-refractivity contribution in [1.29, 1.82) is 0 Å². The Morgan fingerprint density at radius 1 is 0.806 bits per heavy atom. The van der Waals surface area contributed by atoms with Crippen LogP contribution in [-0.4, -0.2) is 25.5 Å². The first kappa shape index (κ1) is 20.2. The second kappa shape index (κ2) is 8.75. The van der Waals surface area contributed by atoms with Crippen LogP contribution in [0, 0.1) is 0 Å². The van der Waals surface area contributed by atoms with Crippen LogP contribution >= 0.6 is 0 Å². The molecule has 0 aromatic heterocycles. The van der Waals surface area contributed by atoms with Gasteiger partial charge in [0.2, 0.25) is 0 Å². The van der Waals surface area contributed by atoms with Gasteiger partial charge in [-0.2, -0.15) is 0 Å². The molecule has 6 nitrogen and oxygen atoms in total. The van der Waals surface area contributed by atoms with Gasteiger partial charge < -0.3 is 14.8 Å². The van der Waals surface area contributed by atoms with E-state index in [1.165, 1.54) is 4.90 Å². The van der Waals surface area contributed by atoms with E-state index in [1.54, 1.807) is 55.6 Å². The van der Waals surface area contributed by atoms with Crippen LogP contribution < -0.4 is 19.7 Å². The monoisotopic (exact) mass is 414 g/mol. The van der Waals surface area contributed by atoms with Gasteiger partial charge in [-0.1, -0.05) is 30.3 Å². The molecule has 0 radical (unpaired) electrons. The van der Waals surface area contributed by atoms with Crippen LogP contribution in [0.15, 0.2) is 84.6 Å². The maximum absolute atomic E-state index is 13.4. The topological polar surface area (TPSA) is 67.9 Å². The molecule has 6 heteroatoms. The number of anilines is 2. The summed E-state index contributed by atoms with van der Waals surface area (Å²) in [5, 5.41) is 3.14. The second-order valence-corrected chi connectivity index (χ2v) is 6.84. The van der Waals surface area contributed by atoms with Gasteiger partial charge in [-0.15, -0.1) is 0 Å². The molecule has 0 fully saturated rings. The highest BCUT2D eigenvalue weighted by atomic mass is 16.5. The molecule has 3 aromatic carbocycles. The van der Waals surface area contributed by atoms with Crippen LogP contribution in [0.5, 0.6) is 11.5 Å². The van der Waals surface area contributed by atoms with E-state index in [0.717, 1.165) is 5.69 Å². The fourth-order valence-corrected chi connectivity index (χ4v) is 3.43. The van der Waals surface area contributed by atoms with E-state index in [1.807, 2.05) is 37.3 Å². The van der Waals surface area contributed by atoms with E-state index in [-0.39, 0.29) is 5.70 Å². The lowest BCUT2D eigenvalue weighted by atomic mass is 10.0. The minimum Gasteiger partial charge on any atom is -0.497 e. The molecule has 0 saturated heterocycles. The van der Waals surface area contributed by atoms with E-state index >= 15 is 0 Å². The normalized spacial score (nSPS) is 13.5. The Balaban J connectivity index is 1.75. The third-order valence-corrected chi connectivity index (χ3v) is 4.91. The van der Waals surface area contributed by atoms with Crippen LogP contribution in [0.2, 0.25) is 0 Å². The summed E-state index contributed by atoms with van der Waals surface area (Å²) >= 11 is 0. The summed E-state index contributed by atoms with van der Waals surface area (Å²) < 4.78 is 10.7. The highest BCUT2D eigenvalue weighted by molar-refractivity contribution is 6.46. The Morgan fingerprint density at radius 3 is 2.06 bits per heavy atom. The average Bonchev–Trinajstić information content (AvgIpc) is 3.05. The van der Waals surface area contributed by atoms with Crippen LogP contribution in [0.1, 0.15) is 12.5 Å². The molecule has 4 rings (SSSR count). The number of nitrogens with zero attached hydrogens (tertiary/aromatic N) is 1. The minimum atomic E-state index is -0.413. The lowest BCUT2D eigenvalue weighted by molar-refractivity contribution is -0.120. The van der Waals surface area contributed by atoms with E-state index < -0.39 is 11.8 Å². The van der Waals surface area contributed by atoms with Gasteiger partial charge in [-0.05, 0) is 61.0 Å². The second-order valence-electron chi connectivity index (χ2n) is 6.84. The summed E-state index contributed by atoms with van der Waals surface area (Å²) in [6.07, 6.45) is 0. The molecule has 1 heterocycles. The molecule has 0 bridgehead atoms. The number of para-hydroxylation sites is 1. The van der Waals surface area contributed by atoms with Crippen LogP contribution in [0.25, 0.3) is 5.57 Å². The molecule has 1 aliphatic rings. The highest BCUT2D eigenvalue weighted by Crippen LogP contribution is 2.34. The van der Waals surface area contributed by atoms with Gasteiger partial charge in [0, 0.05) is 5.69 Å². The van der Waals surface area contributed by atoms with E-state index in [4.69, 9.17) is 9.47 Å². The standard InChI is InChI=1S/C25H22N2O4/c1-3-31-21-15-11-19(12-16-21)27-24(28)22(17-9-13-20(30-2)14-10-17)23(25(27)29)26-18-7-5-4-6-8-18/h4-16,26H,3H2,1-2H3. The van der Waals surface area contributed by atoms with Gasteiger partial charge in [0.1, 0.15) is 17.2 Å². The van der Waals surface area contributed by atoms with E-state index in [2.05, 4.69) is 5.32 Å². The maximum Gasteiger partial charge on any atom is 0.282 e. The van der Waals surface area contributed by atoms with Gasteiger partial charge in [0.25, 0.3) is 11.8 Å². The number of hydrogen-bond donors (Lipinski definition) is 1. The molecule has 0 saturated carbocycles. The van der Waals surface area contributed by atoms with Crippen LogP contribution in [0.4, 0.5) is 11.4 Å². The Kier molecular flexibility index (Phi) is 5.71. The van der Waals surface area contributed by atoms with Gasteiger partial charge in [0.15, 0.2) is 0 Å². The summed E-state index contributed by atoms with van der Waals surface area (Å²) in [4.78, 5) is 28.0. The number of nitrogens with one attached hydrogen (secondary N) is 1. The Morgan fingerprint density at radius 2 is 1.45 bits per heavy atom. The number of methoxy groups -OCH3 is 1. The molecule has 3 aromatic rings. The highest BCUT2D eigenvalue weighted by Gasteiger charge is 2.40. The molecule has 31 heavy (non-hydrogen) atoms. The molecule has 1 N–H and O–H groups in total. The summed E-state index contributed by atoms with van der Waals surface area (Å²) in [5.74, 6) is 0.542. The number of benzene rings is 3. The minimum absolute atomic E-state index is 0.232. The number of rotatable bonds is 7. The number of carbonyl (C=O) groups is 2. The third-order valence-electron chi connectivity index (χ3n) is 4.91. The van der Waals surface area contributed by atoms with Crippen molar-refractivity contribution in [2.45, 2.75) is 6.92 Å². The SMILES string of the molecule is CCOc1ccc(N2C(=O)C(Nc3ccccc3)=C(c3ccc(OC)cc3)C2=O)cc1. The fraction of sp³-hybridized carbons (Fsp3) is 0.120. The van der Waals surface area contributed by atoms with Crippen molar-refractivity contribution in [3.05, 3.63) is 90.1 Å². The summed E-state index contributed by atoms with van der Waals surface area (Å²) in [7, 11) is 1.58. The van der Waals surface area contributed by atoms with Crippen molar-refractivity contribution < 1.29 is 19.1 Å². The maximum atomic E-state index is 13.4. The van der Waals surface area contributed by atoms with Crippen molar-refractivity contribution in [1.82, 2.24) is 0 Å². The fourth-order valence-electron chi connectivity index (χ4n) is 3.43. The molecular formula is C25H22N2O4. The van der Waals surface area contributed by atoms with Crippen molar-refractivity contribution in [3.8, 4) is 11.5 Å². The molecule has 0 spiro atoms. The number of ether oxygens (including phenoxy) is 2. The molecule has 0 atom stereocenters. The van der Waals surface area contributed by atoms with Crippen molar-refractivity contribution in [2.75, 3.05) is 23.9 Å². The Bertz CT molecular complexity index is 1120. The lowest BCUT2D eigenvalue weighted by Gasteiger charge is -2.16. The first-order valence-electron chi connectivity index (χ1n) is 9.94. The van der Waals surface area contributed by atoms with Gasteiger partial charge in [0.05, 0.1) is 25.0 Å². The first-order chi connectivity index (χ1) is 15.1. The number of imide groups is 1. The number of amides is 2. The first-order valence-corrected chi connectivity index (χ1v) is 9.94. The zero-order valence-electron chi connectivity index (χ0n) is 17.3. The average molecular weight is 414 g/mol. The molecule has 0 unspecified atom stereocenters. The van der Waals surface area contributed by atoms with E-state index in [0.29, 0.717) is 34.9 Å².